The second-order valence-electron chi connectivity index (χ2n) is 29.7. The number of carbonyl (C=O) groups is 1. The maximum absolute atomic E-state index is 13.7. The van der Waals surface area contributed by atoms with Crippen LogP contribution in [0, 0.1) is 41.4 Å². The Labute approximate surface area is 573 Å². The number of aliphatic hydroxyl groups excluding tert-OH is 16. The second kappa shape index (κ2) is 43.5. The summed E-state index contributed by atoms with van der Waals surface area (Å²) in [6, 6.07) is -0.781. The van der Waals surface area contributed by atoms with E-state index in [1.165, 1.54) is 12.2 Å². The topological polar surface area (TPSA) is 401 Å². The largest absolute Gasteiger partial charge is 0.458 e. The number of fused-ring (bicyclic) bond motifs is 2. The van der Waals surface area contributed by atoms with Crippen LogP contribution in [0.4, 0.5) is 0 Å². The standard InChI is InChI=1S/C73H133NO22/c1-14-41(2)20-17-22-51-34-44(5)63(86)37-53(76)24-19-27-58(81)46(7)57(80)25-16-15-21-43(4)68(88)48(9)64-39-65(95-72-71(91)67(74(12)13)69(89)50(11)94-72)49(10)73(92,96-64)40-66(87)93-45(6)29-30-54(77)35-52(75)23-18-26-59(82)47(8)60(83)32-28-42(3)62(85)38-56(79)36-55(78)31-33-61(84)70(51)90/h15-16,21,29-30,34,41-42,45-65,67-72,75-86,88-92H,14,17-20,22-28,31-33,35-40H2,1-13H3/t41?,42?,45?,46?,47?,48?,49?,50-,51?,52?,53?,54?,55?,56?,57?,58?,59?,60?,61?,62?,63?,64?,65?,67+,68?,69-,70?,71-,72+,73?/m1/s1. The van der Waals surface area contributed by atoms with Crippen LogP contribution in [0.1, 0.15) is 211 Å². The highest BCUT2D eigenvalue weighted by Gasteiger charge is 2.53. The first-order valence-corrected chi connectivity index (χ1v) is 36.1. The molecular weight excluding hydrogens is 1240 g/mol. The van der Waals surface area contributed by atoms with Gasteiger partial charge in [0.2, 0.25) is 0 Å². The van der Waals surface area contributed by atoms with Crippen LogP contribution in [0.5, 0.6) is 0 Å². The first-order valence-electron chi connectivity index (χ1n) is 36.1. The monoisotopic (exact) mass is 1380 g/mol. The van der Waals surface area contributed by atoms with E-state index < -0.39 is 182 Å². The molecule has 0 saturated carbocycles. The molecule has 25 unspecified atom stereocenters. The number of ether oxygens (including phenoxy) is 4. The maximum atomic E-state index is 13.7. The fraction of sp³-hybridized carbons (Fsp3) is 0.877. The van der Waals surface area contributed by atoms with Crippen molar-refractivity contribution in [2.24, 2.45) is 41.4 Å². The number of rotatable bonds is 8. The molecule has 562 valence electrons. The number of cyclic esters (lactones) is 1. The van der Waals surface area contributed by atoms with Gasteiger partial charge in [0.1, 0.15) is 12.2 Å². The Morgan fingerprint density at radius 2 is 1.21 bits per heavy atom. The number of carbonyl (C=O) groups excluding carboxylic acids is 1. The van der Waals surface area contributed by atoms with Crippen LogP contribution in [0.2, 0.25) is 0 Å². The Bertz CT molecular complexity index is 2280. The highest BCUT2D eigenvalue weighted by Crippen LogP contribution is 2.42. The molecule has 0 radical (unpaired) electrons. The number of nitrogens with zero attached hydrogens (tertiary/aromatic N) is 1. The van der Waals surface area contributed by atoms with Gasteiger partial charge in [-0.2, -0.15) is 0 Å². The summed E-state index contributed by atoms with van der Waals surface area (Å²) in [6.07, 6.45) is -7.61. The number of allylic oxidation sites excluding steroid dienone is 2. The molecule has 0 spiro atoms. The van der Waals surface area contributed by atoms with Crippen molar-refractivity contribution >= 4 is 5.97 Å². The predicted octanol–water partition coefficient (Wildman–Crippen LogP) is 4.50. The molecule has 0 aromatic heterocycles. The first kappa shape index (κ1) is 87.8. The van der Waals surface area contributed by atoms with Gasteiger partial charge in [-0.05, 0) is 161 Å². The number of hydrogen-bond donors (Lipinski definition) is 17. The maximum Gasteiger partial charge on any atom is 0.311 e. The SMILES string of the molecule is CCC(C)CCCC1C=C(C)C(O)CC(O)CCCC(O)C(C)C(O)CC=CC=C(C)C(O)C(C)C2CC(O[C@@H]3O[C@H](C)[C@@H](O)[C@H](N(C)C)[C@H]3O)C(C)C(O)(CC(=O)OC(C)C=CC(O)CC(O)CCCC(O)C(C)C(O)CCC(C)C(O)CC(O)CC(O)CCC(O)C1O)O2. The number of aliphatic hydroxyl groups is 17. The third-order valence-corrected chi connectivity index (χ3v) is 21.3. The summed E-state index contributed by atoms with van der Waals surface area (Å²) < 4.78 is 24.5. The average molecular weight is 1380 g/mol. The summed E-state index contributed by atoms with van der Waals surface area (Å²) in [4.78, 5) is 15.4. The van der Waals surface area contributed by atoms with Gasteiger partial charge >= 0.3 is 5.97 Å². The van der Waals surface area contributed by atoms with Crippen molar-refractivity contribution < 1.29 is 111 Å². The molecular formula is C73H133NO22. The minimum Gasteiger partial charge on any atom is -0.458 e. The van der Waals surface area contributed by atoms with Gasteiger partial charge in [0.15, 0.2) is 12.1 Å². The van der Waals surface area contributed by atoms with Crippen LogP contribution < -0.4 is 0 Å². The minimum absolute atomic E-state index is 0.00878. The molecule has 30 atom stereocenters. The molecule has 3 rings (SSSR count). The number of hydrogen-bond acceptors (Lipinski definition) is 23. The second-order valence-corrected chi connectivity index (χ2v) is 29.7. The molecule has 0 aliphatic carbocycles. The van der Waals surface area contributed by atoms with Crippen molar-refractivity contribution in [3.8, 4) is 0 Å². The highest BCUT2D eigenvalue weighted by atomic mass is 16.7. The molecule has 2 bridgehead atoms. The van der Waals surface area contributed by atoms with Gasteiger partial charge in [-0.1, -0.05) is 98.1 Å². The smallest absolute Gasteiger partial charge is 0.311 e. The van der Waals surface area contributed by atoms with Gasteiger partial charge in [0, 0.05) is 48.9 Å². The van der Waals surface area contributed by atoms with E-state index in [0.29, 0.717) is 42.7 Å². The van der Waals surface area contributed by atoms with Gasteiger partial charge < -0.3 is 111 Å². The van der Waals surface area contributed by atoms with E-state index in [9.17, 15) is 91.6 Å². The van der Waals surface area contributed by atoms with E-state index in [1.54, 1.807) is 106 Å². The normalized spacial score (nSPS) is 43.0. The van der Waals surface area contributed by atoms with Gasteiger partial charge in [-0.3, -0.25) is 4.79 Å². The molecule has 0 aromatic carbocycles. The quantitative estimate of drug-likeness (QED) is 0.117. The van der Waals surface area contributed by atoms with Gasteiger partial charge in [0.25, 0.3) is 0 Å². The van der Waals surface area contributed by atoms with Crippen molar-refractivity contribution in [3.63, 3.8) is 0 Å². The van der Waals surface area contributed by atoms with E-state index in [4.69, 9.17) is 18.9 Å². The van der Waals surface area contributed by atoms with Gasteiger partial charge in [-0.25, -0.2) is 0 Å². The van der Waals surface area contributed by atoms with E-state index in [0.717, 1.165) is 19.3 Å². The van der Waals surface area contributed by atoms with Crippen LogP contribution in [-0.4, -0.2) is 252 Å². The summed E-state index contributed by atoms with van der Waals surface area (Å²) in [6.45, 7) is 19.4. The zero-order valence-electron chi connectivity index (χ0n) is 60.1. The van der Waals surface area contributed by atoms with Crippen molar-refractivity contribution in [2.75, 3.05) is 14.1 Å². The molecule has 0 amide bonds. The molecule has 96 heavy (non-hydrogen) atoms. The molecule has 2 saturated heterocycles. The van der Waals surface area contributed by atoms with Gasteiger partial charge in [-0.15, -0.1) is 0 Å². The lowest BCUT2D eigenvalue weighted by atomic mass is 9.80. The van der Waals surface area contributed by atoms with E-state index in [1.807, 2.05) is 0 Å². The Morgan fingerprint density at radius 1 is 0.625 bits per heavy atom. The predicted molar refractivity (Wildman–Crippen MR) is 365 cm³/mol. The van der Waals surface area contributed by atoms with Crippen LogP contribution in [0.3, 0.4) is 0 Å². The molecule has 23 nitrogen and oxygen atoms in total. The van der Waals surface area contributed by atoms with Crippen molar-refractivity contribution in [3.05, 3.63) is 47.6 Å². The Kier molecular flexibility index (Phi) is 39.8. The van der Waals surface area contributed by atoms with Gasteiger partial charge in [0.05, 0.1) is 122 Å². The molecule has 2 fully saturated rings. The van der Waals surface area contributed by atoms with Crippen molar-refractivity contribution in [2.45, 2.75) is 351 Å². The lowest BCUT2D eigenvalue weighted by Gasteiger charge is -2.50. The van der Waals surface area contributed by atoms with Crippen molar-refractivity contribution in [1.82, 2.24) is 4.90 Å². The third-order valence-electron chi connectivity index (χ3n) is 21.3. The third kappa shape index (κ3) is 29.5. The van der Waals surface area contributed by atoms with Crippen LogP contribution >= 0.6 is 0 Å². The summed E-state index contributed by atoms with van der Waals surface area (Å²) in [5.41, 5.74) is 0.999. The molecule has 3 heterocycles. The van der Waals surface area contributed by atoms with Crippen molar-refractivity contribution in [1.29, 1.82) is 0 Å². The zero-order chi connectivity index (χ0) is 72.5. The fourth-order valence-electron chi connectivity index (χ4n) is 13.6. The molecule has 3 aliphatic heterocycles. The van der Waals surface area contributed by atoms with E-state index in [-0.39, 0.29) is 89.4 Å². The average Bonchev–Trinajstić information content (AvgIpc) is 0.771. The number of esters is 1. The van der Waals surface area contributed by atoms with Crippen LogP contribution in [0.25, 0.3) is 0 Å². The molecule has 23 heteroatoms. The Hall–Kier alpha value is -2.41. The summed E-state index contributed by atoms with van der Waals surface area (Å²) in [5, 5.41) is 191. The highest BCUT2D eigenvalue weighted by molar-refractivity contribution is 5.71. The minimum atomic E-state index is -2.26. The molecule has 17 N–H and O–H groups in total. The molecule has 3 aliphatic rings. The lowest BCUT2D eigenvalue weighted by molar-refractivity contribution is -0.351. The van der Waals surface area contributed by atoms with Crippen LogP contribution in [0.15, 0.2) is 47.6 Å². The lowest BCUT2D eigenvalue weighted by Crippen LogP contribution is -2.64. The van der Waals surface area contributed by atoms with E-state index >= 15 is 0 Å². The Balaban J connectivity index is 1.86. The summed E-state index contributed by atoms with van der Waals surface area (Å²) in [5.74, 6) is -6.45. The summed E-state index contributed by atoms with van der Waals surface area (Å²) >= 11 is 0. The molecule has 0 aromatic rings. The first-order chi connectivity index (χ1) is 44.9. The van der Waals surface area contributed by atoms with Crippen LogP contribution in [-0.2, 0) is 23.7 Å². The van der Waals surface area contributed by atoms with E-state index in [2.05, 4.69) is 13.8 Å². The zero-order valence-corrected chi connectivity index (χ0v) is 60.1. The number of likely N-dealkylation sites (N-methyl/N-ethyl adjacent to an activating group) is 1. The fourth-order valence-corrected chi connectivity index (χ4v) is 13.6. The summed E-state index contributed by atoms with van der Waals surface area (Å²) in [7, 11) is 3.40. The Morgan fingerprint density at radius 3 is 1.82 bits per heavy atom.